The minimum atomic E-state index is -5.91. The van der Waals surface area contributed by atoms with Crippen LogP contribution >= 0.6 is 0 Å². The predicted molar refractivity (Wildman–Crippen MR) is 48.7 cm³/mol. The van der Waals surface area contributed by atoms with Crippen LogP contribution in [-0.2, 0) is 10.1 Å². The van der Waals surface area contributed by atoms with Gasteiger partial charge in [0.15, 0.2) is 0 Å². The Bertz CT molecular complexity index is 539. The van der Waals surface area contributed by atoms with Crippen molar-refractivity contribution in [2.75, 3.05) is 0 Å². The average molecular weight is 271 g/mol. The second-order valence-corrected chi connectivity index (χ2v) is 4.25. The van der Waals surface area contributed by atoms with Crippen molar-refractivity contribution < 1.29 is 30.7 Å². The fourth-order valence-corrected chi connectivity index (χ4v) is 1.32. The maximum absolute atomic E-state index is 12.0. The summed E-state index contributed by atoms with van der Waals surface area (Å²) in [6.45, 7) is 0. The molecule has 0 radical (unpaired) electrons. The van der Waals surface area contributed by atoms with E-state index in [0.29, 0.717) is 0 Å². The minimum absolute atomic E-state index is 0.751. The fourth-order valence-electron chi connectivity index (χ4n) is 0.844. The van der Waals surface area contributed by atoms with Gasteiger partial charge in [-0.2, -0.15) is 21.6 Å². The third-order valence-electron chi connectivity index (χ3n) is 1.54. The van der Waals surface area contributed by atoms with Crippen LogP contribution in [0.1, 0.15) is 0 Å². The minimum Gasteiger partial charge on any atom is -0.369 e. The Balaban J connectivity index is 3.18. The first-order valence-electron chi connectivity index (χ1n) is 3.89. The van der Waals surface area contributed by atoms with Gasteiger partial charge in [0.2, 0.25) is 5.75 Å². The van der Waals surface area contributed by atoms with Crippen LogP contribution < -0.4 is 4.18 Å². The first-order valence-corrected chi connectivity index (χ1v) is 5.30. The highest BCUT2D eigenvalue weighted by molar-refractivity contribution is 7.88. The summed E-state index contributed by atoms with van der Waals surface area (Å²) in [4.78, 5) is 9.35. The Morgan fingerprint density at radius 1 is 1.24 bits per heavy atom. The molecule has 1 aromatic carbocycles. The van der Waals surface area contributed by atoms with Crippen molar-refractivity contribution in [3.63, 3.8) is 0 Å². The van der Waals surface area contributed by atoms with Crippen LogP contribution in [0.25, 0.3) is 0 Å². The topological polar surface area (TPSA) is 86.5 Å². The zero-order chi connectivity index (χ0) is 13.3. The molecule has 0 aromatic heterocycles. The summed E-state index contributed by atoms with van der Waals surface area (Å²) < 4.78 is 60.8. The Hall–Kier alpha value is -1.84. The summed E-state index contributed by atoms with van der Waals surface area (Å²) in [6, 6.07) is 3.84. The molecule has 0 aliphatic carbocycles. The monoisotopic (exact) mass is 271 g/mol. The molecule has 0 aliphatic rings. The summed E-state index contributed by atoms with van der Waals surface area (Å²) in [7, 11) is -5.91. The molecule has 0 saturated heterocycles. The van der Waals surface area contributed by atoms with E-state index < -0.39 is 32.0 Å². The van der Waals surface area contributed by atoms with Crippen molar-refractivity contribution in [2.45, 2.75) is 5.51 Å². The first-order chi connectivity index (χ1) is 7.65. The average Bonchev–Trinajstić information content (AvgIpc) is 2.15. The molecule has 6 nitrogen and oxygen atoms in total. The molecular weight excluding hydrogens is 267 g/mol. The van der Waals surface area contributed by atoms with Crippen molar-refractivity contribution in [2.24, 2.45) is 0 Å². The van der Waals surface area contributed by atoms with Gasteiger partial charge in [-0.15, -0.1) is 0 Å². The fraction of sp³-hybridized carbons (Fsp3) is 0.143. The summed E-state index contributed by atoms with van der Waals surface area (Å²) in [6.07, 6.45) is 0. The lowest BCUT2D eigenvalue weighted by Crippen LogP contribution is -2.28. The number of nitro benzene ring substituents is 1. The van der Waals surface area contributed by atoms with Gasteiger partial charge in [-0.3, -0.25) is 10.1 Å². The van der Waals surface area contributed by atoms with E-state index in [1.807, 2.05) is 0 Å². The van der Waals surface area contributed by atoms with E-state index in [1.54, 1.807) is 0 Å². The molecule has 0 bridgehead atoms. The summed E-state index contributed by atoms with van der Waals surface area (Å²) in [5.41, 5.74) is -6.52. The van der Waals surface area contributed by atoms with Crippen LogP contribution in [-0.4, -0.2) is 18.8 Å². The zero-order valence-electron chi connectivity index (χ0n) is 7.84. The van der Waals surface area contributed by atoms with Gasteiger partial charge in [-0.25, -0.2) is 0 Å². The summed E-state index contributed by atoms with van der Waals surface area (Å²) in [5.74, 6) is -0.991. The van der Waals surface area contributed by atoms with E-state index in [4.69, 9.17) is 0 Å². The van der Waals surface area contributed by atoms with Crippen molar-refractivity contribution >= 4 is 15.8 Å². The van der Waals surface area contributed by atoms with E-state index in [-0.39, 0.29) is 0 Å². The number of rotatable bonds is 3. The number of para-hydroxylation sites is 2. The largest absolute Gasteiger partial charge is 0.534 e. The number of nitro groups is 1. The molecule has 94 valence electrons. The van der Waals surface area contributed by atoms with E-state index in [1.165, 1.54) is 0 Å². The predicted octanol–water partition coefficient (Wildman–Crippen LogP) is 1.82. The molecule has 1 aromatic rings. The Morgan fingerprint density at radius 3 is 2.24 bits per heavy atom. The number of nitrogens with zero attached hydrogens (tertiary/aromatic N) is 1. The molecule has 1 rings (SSSR count). The van der Waals surface area contributed by atoms with Gasteiger partial charge in [0, 0.05) is 6.07 Å². The Morgan fingerprint density at radius 2 is 1.76 bits per heavy atom. The number of alkyl halides is 3. The van der Waals surface area contributed by atoms with Gasteiger partial charge in [0.05, 0.1) is 4.92 Å². The molecular formula is C7H4F3NO5S. The van der Waals surface area contributed by atoms with Crippen LogP contribution in [0, 0.1) is 10.1 Å². The lowest BCUT2D eigenvalue weighted by Gasteiger charge is -2.09. The van der Waals surface area contributed by atoms with Gasteiger partial charge in [0.25, 0.3) is 0 Å². The van der Waals surface area contributed by atoms with Crippen molar-refractivity contribution in [1.29, 1.82) is 0 Å². The molecule has 0 saturated carbocycles. The third-order valence-corrected chi connectivity index (χ3v) is 2.51. The molecule has 10 heteroatoms. The highest BCUT2D eigenvalue weighted by Gasteiger charge is 2.49. The maximum Gasteiger partial charge on any atom is 0.534 e. The van der Waals surface area contributed by atoms with Crippen molar-refractivity contribution in [3.05, 3.63) is 34.4 Å². The normalized spacial score (nSPS) is 12.2. The Kier molecular flexibility index (Phi) is 3.27. The van der Waals surface area contributed by atoms with Gasteiger partial charge in [-0.1, -0.05) is 12.1 Å². The number of benzene rings is 1. The van der Waals surface area contributed by atoms with Crippen molar-refractivity contribution in [1.82, 2.24) is 0 Å². The summed E-state index contributed by atoms with van der Waals surface area (Å²) in [5, 5.41) is 10.4. The lowest BCUT2D eigenvalue weighted by atomic mass is 10.3. The molecule has 17 heavy (non-hydrogen) atoms. The van der Waals surface area contributed by atoms with Gasteiger partial charge in [0.1, 0.15) is 0 Å². The molecule has 0 fully saturated rings. The lowest BCUT2D eigenvalue weighted by molar-refractivity contribution is -0.385. The van der Waals surface area contributed by atoms with Crippen LogP contribution in [0.5, 0.6) is 5.75 Å². The number of hydrogen-bond acceptors (Lipinski definition) is 5. The summed E-state index contributed by atoms with van der Waals surface area (Å²) >= 11 is 0. The number of hydrogen-bond donors (Lipinski definition) is 0. The van der Waals surface area contributed by atoms with Crippen LogP contribution in [0.4, 0.5) is 18.9 Å². The molecule has 0 N–H and O–H groups in total. The van der Waals surface area contributed by atoms with Crippen LogP contribution in [0.3, 0.4) is 0 Å². The third kappa shape index (κ3) is 2.84. The molecule has 0 heterocycles. The second kappa shape index (κ2) is 4.20. The standard InChI is InChI=1S/C7H4F3NO5S/c8-7(9,10)17(14,15)16-6-4-2-1-3-5(6)11(12)13/h1-4H. The quantitative estimate of drug-likeness (QED) is 0.362. The van der Waals surface area contributed by atoms with Gasteiger partial charge in [-0.05, 0) is 6.07 Å². The smallest absolute Gasteiger partial charge is 0.369 e. The highest BCUT2D eigenvalue weighted by atomic mass is 32.2. The molecule has 0 amide bonds. The van der Waals surface area contributed by atoms with E-state index in [0.717, 1.165) is 24.3 Å². The van der Waals surface area contributed by atoms with Crippen LogP contribution in [0.2, 0.25) is 0 Å². The van der Waals surface area contributed by atoms with E-state index in [2.05, 4.69) is 4.18 Å². The zero-order valence-corrected chi connectivity index (χ0v) is 8.66. The van der Waals surface area contributed by atoms with Crippen LogP contribution in [0.15, 0.2) is 24.3 Å². The highest BCUT2D eigenvalue weighted by Crippen LogP contribution is 2.32. The van der Waals surface area contributed by atoms with Gasteiger partial charge < -0.3 is 4.18 Å². The number of halogens is 3. The first kappa shape index (κ1) is 13.2. The van der Waals surface area contributed by atoms with Crippen molar-refractivity contribution in [3.8, 4) is 5.75 Å². The molecule has 0 atom stereocenters. The SMILES string of the molecule is O=[N+]([O-])c1ccccc1OS(=O)(=O)C(F)(F)F. The molecule has 0 spiro atoms. The molecule has 0 aliphatic heterocycles. The maximum atomic E-state index is 12.0. The molecule has 0 unspecified atom stereocenters. The van der Waals surface area contributed by atoms with E-state index in [9.17, 15) is 31.7 Å². The second-order valence-electron chi connectivity index (χ2n) is 2.71. The van der Waals surface area contributed by atoms with E-state index >= 15 is 0 Å². The Labute approximate surface area is 92.9 Å². The van der Waals surface area contributed by atoms with Gasteiger partial charge >= 0.3 is 21.3 Å².